The third-order valence-corrected chi connectivity index (χ3v) is 4.69. The van der Waals surface area contributed by atoms with Gasteiger partial charge in [0.05, 0.1) is 0 Å². The third-order valence-electron chi connectivity index (χ3n) is 4.69. The molecule has 2 saturated heterocycles. The highest BCUT2D eigenvalue weighted by atomic mass is 15.3. The van der Waals surface area contributed by atoms with E-state index in [4.69, 9.17) is 0 Å². The van der Waals surface area contributed by atoms with Crippen molar-refractivity contribution < 1.29 is 0 Å². The van der Waals surface area contributed by atoms with Gasteiger partial charge in [-0.25, -0.2) is 4.98 Å². The number of aromatic nitrogens is 1. The molecule has 0 aromatic carbocycles. The van der Waals surface area contributed by atoms with Gasteiger partial charge >= 0.3 is 0 Å². The minimum Gasteiger partial charge on any atom is -0.351 e. The Bertz CT molecular complexity index is 448. The predicted molar refractivity (Wildman–Crippen MR) is 83.0 cm³/mol. The lowest BCUT2D eigenvalue weighted by molar-refractivity contribution is 0.115. The number of pyridine rings is 1. The van der Waals surface area contributed by atoms with Crippen LogP contribution in [0.4, 0.5) is 5.82 Å². The zero-order valence-electron chi connectivity index (χ0n) is 12.7. The van der Waals surface area contributed by atoms with Crippen molar-refractivity contribution in [3.8, 4) is 0 Å². The van der Waals surface area contributed by atoms with Gasteiger partial charge < -0.3 is 10.2 Å². The molecule has 0 radical (unpaired) electrons. The van der Waals surface area contributed by atoms with Gasteiger partial charge in [-0.05, 0) is 39.4 Å². The molecule has 0 saturated carbocycles. The molecule has 110 valence electrons. The fraction of sp³-hybridized carbons (Fsp3) is 0.688. The Morgan fingerprint density at radius 3 is 3.10 bits per heavy atom. The first-order valence-electron chi connectivity index (χ1n) is 7.89. The van der Waals surface area contributed by atoms with Crippen LogP contribution >= 0.6 is 0 Å². The third kappa shape index (κ3) is 2.67. The van der Waals surface area contributed by atoms with E-state index in [2.05, 4.69) is 33.1 Å². The lowest BCUT2D eigenvalue weighted by Crippen LogP contribution is -2.59. The van der Waals surface area contributed by atoms with Crippen LogP contribution in [-0.4, -0.2) is 48.6 Å². The normalized spacial score (nSPS) is 27.4. The number of rotatable bonds is 3. The SMILES string of the molecule is CNCc1cccnc1N1CC2CCCCN2CC1C. The van der Waals surface area contributed by atoms with Crippen LogP contribution in [0.15, 0.2) is 18.3 Å². The number of nitrogens with one attached hydrogen (secondary N) is 1. The number of fused-ring (bicyclic) bond motifs is 1. The monoisotopic (exact) mass is 274 g/mol. The average Bonchev–Trinajstić information content (AvgIpc) is 2.48. The molecule has 0 bridgehead atoms. The largest absolute Gasteiger partial charge is 0.351 e. The Labute approximate surface area is 122 Å². The summed E-state index contributed by atoms with van der Waals surface area (Å²) in [4.78, 5) is 9.89. The summed E-state index contributed by atoms with van der Waals surface area (Å²) < 4.78 is 0. The van der Waals surface area contributed by atoms with Gasteiger partial charge in [0.15, 0.2) is 0 Å². The van der Waals surface area contributed by atoms with E-state index >= 15 is 0 Å². The maximum Gasteiger partial charge on any atom is 0.133 e. The van der Waals surface area contributed by atoms with Crippen LogP contribution in [0.3, 0.4) is 0 Å². The Morgan fingerprint density at radius 2 is 2.25 bits per heavy atom. The van der Waals surface area contributed by atoms with Gasteiger partial charge in [0.1, 0.15) is 5.82 Å². The van der Waals surface area contributed by atoms with E-state index in [9.17, 15) is 0 Å². The lowest BCUT2D eigenvalue weighted by Gasteiger charge is -2.48. The predicted octanol–water partition coefficient (Wildman–Crippen LogP) is 1.86. The van der Waals surface area contributed by atoms with Crippen molar-refractivity contribution in [1.29, 1.82) is 0 Å². The summed E-state index contributed by atoms with van der Waals surface area (Å²) in [6.07, 6.45) is 6.03. The molecule has 2 aliphatic rings. The molecular formula is C16H26N4. The van der Waals surface area contributed by atoms with Crippen LogP contribution in [0, 0.1) is 0 Å². The summed E-state index contributed by atoms with van der Waals surface area (Å²) in [6.45, 7) is 6.83. The summed E-state index contributed by atoms with van der Waals surface area (Å²) >= 11 is 0. The standard InChI is InChI=1S/C16H26N4/c1-13-11-19-9-4-3-7-15(19)12-20(13)16-14(10-17-2)6-5-8-18-16/h5-6,8,13,15,17H,3-4,7,9-12H2,1-2H3. The number of hydrogen-bond donors (Lipinski definition) is 1. The maximum absolute atomic E-state index is 4.68. The molecule has 2 fully saturated rings. The van der Waals surface area contributed by atoms with Gasteiger partial charge in [-0.1, -0.05) is 12.5 Å². The summed E-state index contributed by atoms with van der Waals surface area (Å²) in [5, 5.41) is 3.26. The van der Waals surface area contributed by atoms with Crippen molar-refractivity contribution in [3.63, 3.8) is 0 Å². The Morgan fingerprint density at radius 1 is 1.35 bits per heavy atom. The molecule has 2 atom stereocenters. The van der Waals surface area contributed by atoms with Crippen molar-refractivity contribution in [3.05, 3.63) is 23.9 Å². The van der Waals surface area contributed by atoms with E-state index in [1.807, 2.05) is 19.3 Å². The van der Waals surface area contributed by atoms with Crippen LogP contribution in [0.1, 0.15) is 31.7 Å². The zero-order valence-corrected chi connectivity index (χ0v) is 12.7. The highest BCUT2D eigenvalue weighted by Crippen LogP contribution is 2.28. The summed E-state index contributed by atoms with van der Waals surface area (Å²) in [6, 6.07) is 5.51. The minimum absolute atomic E-state index is 0.551. The number of piperazine rings is 1. The topological polar surface area (TPSA) is 31.4 Å². The number of nitrogens with zero attached hydrogens (tertiary/aromatic N) is 3. The van der Waals surface area contributed by atoms with Crippen LogP contribution < -0.4 is 10.2 Å². The van der Waals surface area contributed by atoms with Gasteiger partial charge in [-0.2, -0.15) is 0 Å². The molecule has 0 amide bonds. The molecule has 0 spiro atoms. The fourth-order valence-electron chi connectivity index (χ4n) is 3.66. The highest BCUT2D eigenvalue weighted by molar-refractivity contribution is 5.48. The fourth-order valence-corrected chi connectivity index (χ4v) is 3.66. The number of piperidine rings is 1. The minimum atomic E-state index is 0.551. The summed E-state index contributed by atoms with van der Waals surface area (Å²) in [5.74, 6) is 1.18. The Hall–Kier alpha value is -1.13. The number of anilines is 1. The molecule has 0 aliphatic carbocycles. The molecule has 1 N–H and O–H groups in total. The number of hydrogen-bond acceptors (Lipinski definition) is 4. The quantitative estimate of drug-likeness (QED) is 0.912. The molecule has 2 aliphatic heterocycles. The van der Waals surface area contributed by atoms with Gasteiger partial charge in [0.25, 0.3) is 0 Å². The molecule has 3 heterocycles. The van der Waals surface area contributed by atoms with Crippen molar-refractivity contribution >= 4 is 5.82 Å². The Kier molecular flexibility index (Phi) is 4.22. The van der Waals surface area contributed by atoms with Crippen molar-refractivity contribution in [2.24, 2.45) is 0 Å². The zero-order chi connectivity index (χ0) is 13.9. The van der Waals surface area contributed by atoms with Gasteiger partial charge in [-0.15, -0.1) is 0 Å². The van der Waals surface area contributed by atoms with Crippen LogP contribution in [0.5, 0.6) is 0 Å². The Balaban J connectivity index is 1.82. The molecule has 2 unspecified atom stereocenters. The average molecular weight is 274 g/mol. The van der Waals surface area contributed by atoms with Gasteiger partial charge in [0, 0.05) is 43.5 Å². The summed E-state index contributed by atoms with van der Waals surface area (Å²) in [5.41, 5.74) is 1.31. The van der Waals surface area contributed by atoms with Crippen molar-refractivity contribution in [2.75, 3.05) is 31.6 Å². The van der Waals surface area contributed by atoms with E-state index in [0.717, 1.165) is 19.1 Å². The van der Waals surface area contributed by atoms with Crippen LogP contribution in [-0.2, 0) is 6.54 Å². The highest BCUT2D eigenvalue weighted by Gasteiger charge is 2.34. The van der Waals surface area contributed by atoms with E-state index in [1.165, 1.54) is 43.7 Å². The molecule has 1 aromatic rings. The first-order valence-corrected chi connectivity index (χ1v) is 7.89. The molecule has 4 heteroatoms. The van der Waals surface area contributed by atoms with E-state index in [-0.39, 0.29) is 0 Å². The van der Waals surface area contributed by atoms with Crippen molar-refractivity contribution in [2.45, 2.75) is 44.8 Å². The van der Waals surface area contributed by atoms with E-state index in [1.54, 1.807) is 0 Å². The lowest BCUT2D eigenvalue weighted by atomic mass is 9.97. The van der Waals surface area contributed by atoms with E-state index in [0.29, 0.717) is 6.04 Å². The second kappa shape index (κ2) is 6.10. The second-order valence-corrected chi connectivity index (χ2v) is 6.16. The molecule has 4 nitrogen and oxygen atoms in total. The molecule has 3 rings (SSSR count). The first kappa shape index (κ1) is 13.8. The molecule has 20 heavy (non-hydrogen) atoms. The maximum atomic E-state index is 4.68. The van der Waals surface area contributed by atoms with Gasteiger partial charge in [-0.3, -0.25) is 4.90 Å². The first-order chi connectivity index (χ1) is 9.79. The van der Waals surface area contributed by atoms with Crippen molar-refractivity contribution in [1.82, 2.24) is 15.2 Å². The van der Waals surface area contributed by atoms with Gasteiger partial charge in [0.2, 0.25) is 0 Å². The molecular weight excluding hydrogens is 248 g/mol. The van der Waals surface area contributed by atoms with E-state index < -0.39 is 0 Å². The summed E-state index contributed by atoms with van der Waals surface area (Å²) in [7, 11) is 2.00. The second-order valence-electron chi connectivity index (χ2n) is 6.16. The van der Waals surface area contributed by atoms with Crippen LogP contribution in [0.2, 0.25) is 0 Å². The smallest absolute Gasteiger partial charge is 0.133 e. The van der Waals surface area contributed by atoms with Crippen LogP contribution in [0.25, 0.3) is 0 Å². The molecule has 1 aromatic heterocycles.